The van der Waals surface area contributed by atoms with E-state index >= 15 is 0 Å². The maximum absolute atomic E-state index is 12.8. The molecule has 1 nitrogen and oxygen atoms in total. The van der Waals surface area contributed by atoms with Gasteiger partial charge in [0.05, 0.1) is 0 Å². The number of fused-ring (bicyclic) bond motifs is 2. The van der Waals surface area contributed by atoms with Crippen molar-refractivity contribution in [1.82, 2.24) is 5.32 Å². The standard InChI is InChI=1S/C7H12FN/c8-6-3-1-5-2-4-7(6)9-5/h5-7,9H,1-4H2/t5-,6-,7?/m1/s1. The molecular weight excluding hydrogens is 117 g/mol. The average molecular weight is 129 g/mol. The number of halogens is 1. The molecule has 3 atom stereocenters. The van der Waals surface area contributed by atoms with Crippen LogP contribution in [-0.2, 0) is 0 Å². The van der Waals surface area contributed by atoms with Crippen molar-refractivity contribution in [2.75, 3.05) is 0 Å². The van der Waals surface area contributed by atoms with Crippen molar-refractivity contribution in [2.24, 2.45) is 0 Å². The van der Waals surface area contributed by atoms with Crippen LogP contribution >= 0.6 is 0 Å². The molecule has 9 heavy (non-hydrogen) atoms. The third-order valence-electron chi connectivity index (χ3n) is 2.50. The van der Waals surface area contributed by atoms with E-state index in [9.17, 15) is 4.39 Å². The van der Waals surface area contributed by atoms with Crippen LogP contribution in [-0.4, -0.2) is 18.3 Å². The first kappa shape index (κ1) is 5.66. The highest BCUT2D eigenvalue weighted by Crippen LogP contribution is 2.28. The van der Waals surface area contributed by atoms with Crippen molar-refractivity contribution < 1.29 is 4.39 Å². The van der Waals surface area contributed by atoms with Gasteiger partial charge in [-0.1, -0.05) is 0 Å². The van der Waals surface area contributed by atoms with Crippen LogP contribution in [0.2, 0.25) is 0 Å². The largest absolute Gasteiger partial charge is 0.308 e. The van der Waals surface area contributed by atoms with Gasteiger partial charge in [-0.25, -0.2) is 4.39 Å². The van der Waals surface area contributed by atoms with Crippen molar-refractivity contribution in [3.05, 3.63) is 0 Å². The van der Waals surface area contributed by atoms with E-state index in [0.717, 1.165) is 19.3 Å². The van der Waals surface area contributed by atoms with Gasteiger partial charge in [-0.2, -0.15) is 0 Å². The van der Waals surface area contributed by atoms with E-state index in [1.807, 2.05) is 0 Å². The van der Waals surface area contributed by atoms with E-state index in [1.165, 1.54) is 6.42 Å². The number of hydrogen-bond acceptors (Lipinski definition) is 1. The fraction of sp³-hybridized carbons (Fsp3) is 1.00. The van der Waals surface area contributed by atoms with Crippen LogP contribution in [0.15, 0.2) is 0 Å². The fourth-order valence-electron chi connectivity index (χ4n) is 1.92. The number of nitrogens with one attached hydrogen (secondary N) is 1. The van der Waals surface area contributed by atoms with Crippen molar-refractivity contribution in [1.29, 1.82) is 0 Å². The molecule has 2 fully saturated rings. The quantitative estimate of drug-likeness (QED) is 0.519. The second-order valence-corrected chi connectivity index (χ2v) is 3.14. The maximum atomic E-state index is 12.8. The third kappa shape index (κ3) is 0.855. The monoisotopic (exact) mass is 129 g/mol. The predicted octanol–water partition coefficient (Wildman–Crippen LogP) is 1.24. The van der Waals surface area contributed by atoms with Gasteiger partial charge >= 0.3 is 0 Å². The summed E-state index contributed by atoms with van der Waals surface area (Å²) in [5, 5.41) is 3.27. The molecule has 2 heterocycles. The summed E-state index contributed by atoms with van der Waals surface area (Å²) in [5.74, 6) is 0. The number of piperidine rings is 1. The normalized spacial score (nSPS) is 49.7. The lowest BCUT2D eigenvalue weighted by molar-refractivity contribution is 0.208. The number of alkyl halides is 1. The predicted molar refractivity (Wildman–Crippen MR) is 34.1 cm³/mol. The highest BCUT2D eigenvalue weighted by molar-refractivity contribution is 4.93. The van der Waals surface area contributed by atoms with Gasteiger partial charge in [0.15, 0.2) is 0 Å². The van der Waals surface area contributed by atoms with Crippen LogP contribution in [0, 0.1) is 0 Å². The molecule has 2 saturated heterocycles. The fourth-order valence-corrected chi connectivity index (χ4v) is 1.92. The van der Waals surface area contributed by atoms with E-state index in [1.54, 1.807) is 0 Å². The first-order chi connectivity index (χ1) is 4.36. The molecule has 0 spiro atoms. The van der Waals surface area contributed by atoms with Crippen molar-refractivity contribution in [2.45, 2.75) is 43.9 Å². The first-order valence-electron chi connectivity index (χ1n) is 3.76. The summed E-state index contributed by atoms with van der Waals surface area (Å²) in [6.45, 7) is 0. The SMILES string of the molecule is F[C@@H]1CC[C@@H]2CCC1N2. The first-order valence-corrected chi connectivity index (χ1v) is 3.76. The molecule has 0 aromatic carbocycles. The summed E-state index contributed by atoms with van der Waals surface area (Å²) in [6, 6.07) is 0.866. The summed E-state index contributed by atoms with van der Waals surface area (Å²) in [7, 11) is 0. The lowest BCUT2D eigenvalue weighted by Crippen LogP contribution is -2.41. The lowest BCUT2D eigenvalue weighted by Gasteiger charge is -2.23. The Morgan fingerprint density at radius 3 is 2.67 bits per heavy atom. The Morgan fingerprint density at radius 1 is 1.11 bits per heavy atom. The van der Waals surface area contributed by atoms with Crippen molar-refractivity contribution >= 4 is 0 Å². The summed E-state index contributed by atoms with van der Waals surface area (Å²) >= 11 is 0. The molecule has 1 N–H and O–H groups in total. The zero-order valence-electron chi connectivity index (χ0n) is 5.44. The minimum absolute atomic E-state index is 0.212. The smallest absolute Gasteiger partial charge is 0.115 e. The summed E-state index contributed by atoms with van der Waals surface area (Å²) in [4.78, 5) is 0. The van der Waals surface area contributed by atoms with Crippen LogP contribution in [0.1, 0.15) is 25.7 Å². The highest BCUT2D eigenvalue weighted by atomic mass is 19.1. The van der Waals surface area contributed by atoms with Gasteiger partial charge in [0.2, 0.25) is 0 Å². The van der Waals surface area contributed by atoms with Crippen molar-refractivity contribution in [3.63, 3.8) is 0 Å². The molecule has 0 aromatic heterocycles. The van der Waals surface area contributed by atoms with E-state index in [-0.39, 0.29) is 6.04 Å². The molecule has 0 aromatic rings. The zero-order chi connectivity index (χ0) is 6.27. The van der Waals surface area contributed by atoms with Crippen molar-refractivity contribution in [3.8, 4) is 0 Å². The van der Waals surface area contributed by atoms with Gasteiger partial charge in [0.1, 0.15) is 6.17 Å². The van der Waals surface area contributed by atoms with E-state index in [4.69, 9.17) is 0 Å². The molecular formula is C7H12FN. The zero-order valence-corrected chi connectivity index (χ0v) is 5.44. The third-order valence-corrected chi connectivity index (χ3v) is 2.50. The Labute approximate surface area is 54.6 Å². The highest BCUT2D eigenvalue weighted by Gasteiger charge is 2.34. The van der Waals surface area contributed by atoms with Crippen LogP contribution in [0.4, 0.5) is 4.39 Å². The lowest BCUT2D eigenvalue weighted by atomic mass is 10.0. The minimum Gasteiger partial charge on any atom is -0.308 e. The Balaban J connectivity index is 2.05. The van der Waals surface area contributed by atoms with Crippen LogP contribution in [0.25, 0.3) is 0 Å². The molecule has 2 rings (SSSR count). The van der Waals surface area contributed by atoms with Gasteiger partial charge in [-0.15, -0.1) is 0 Å². The molecule has 1 unspecified atom stereocenters. The molecule has 2 aliphatic rings. The summed E-state index contributed by atoms with van der Waals surface area (Å²) in [6.07, 6.45) is 3.56. The Morgan fingerprint density at radius 2 is 1.89 bits per heavy atom. The maximum Gasteiger partial charge on any atom is 0.115 e. The van der Waals surface area contributed by atoms with E-state index < -0.39 is 6.17 Å². The summed E-state index contributed by atoms with van der Waals surface area (Å²) < 4.78 is 12.8. The molecule has 0 radical (unpaired) electrons. The molecule has 52 valence electrons. The Bertz CT molecular complexity index is 115. The molecule has 0 saturated carbocycles. The second kappa shape index (κ2) is 1.94. The second-order valence-electron chi connectivity index (χ2n) is 3.14. The molecule has 2 aliphatic heterocycles. The molecule has 0 amide bonds. The molecule has 2 bridgehead atoms. The van der Waals surface area contributed by atoms with Gasteiger partial charge in [-0.05, 0) is 25.7 Å². The van der Waals surface area contributed by atoms with Gasteiger partial charge < -0.3 is 5.32 Å². The summed E-state index contributed by atoms with van der Waals surface area (Å²) in [5.41, 5.74) is 0. The Hall–Kier alpha value is -0.110. The number of hydrogen-bond donors (Lipinski definition) is 1. The minimum atomic E-state index is -0.552. The van der Waals surface area contributed by atoms with Gasteiger partial charge in [-0.3, -0.25) is 0 Å². The number of rotatable bonds is 0. The molecule has 0 aliphatic carbocycles. The van der Waals surface area contributed by atoms with Crippen LogP contribution in [0.5, 0.6) is 0 Å². The van der Waals surface area contributed by atoms with Gasteiger partial charge in [0, 0.05) is 12.1 Å². The van der Waals surface area contributed by atoms with E-state index in [0.29, 0.717) is 6.04 Å². The Kier molecular flexibility index (Phi) is 1.22. The topological polar surface area (TPSA) is 12.0 Å². The van der Waals surface area contributed by atoms with Crippen LogP contribution in [0.3, 0.4) is 0 Å². The van der Waals surface area contributed by atoms with E-state index in [2.05, 4.69) is 5.32 Å². The molecule has 2 heteroatoms. The average Bonchev–Trinajstić information content (AvgIpc) is 2.25. The van der Waals surface area contributed by atoms with Crippen LogP contribution < -0.4 is 5.32 Å². The van der Waals surface area contributed by atoms with Gasteiger partial charge in [0.25, 0.3) is 0 Å².